The van der Waals surface area contributed by atoms with Crippen LogP contribution in [-0.4, -0.2) is 31.1 Å². The maximum absolute atomic E-state index is 10.7. The summed E-state index contributed by atoms with van der Waals surface area (Å²) in [6, 6.07) is 0. The van der Waals surface area contributed by atoms with Crippen LogP contribution in [-0.2, 0) is 19.0 Å². The molecule has 0 amide bonds. The molecule has 0 radical (unpaired) electrons. The summed E-state index contributed by atoms with van der Waals surface area (Å²) in [4.78, 5) is 10.7. The fourth-order valence-electron chi connectivity index (χ4n) is 1.81. The first kappa shape index (κ1) is 13.5. The second-order valence-corrected chi connectivity index (χ2v) is 4.44. The summed E-state index contributed by atoms with van der Waals surface area (Å²) >= 11 is 0. The number of hydrogen-bond donors (Lipinski definition) is 0. The number of unbranched alkanes of at least 4 members (excludes halogenated alkanes) is 2. The Morgan fingerprint density at radius 2 is 2.25 bits per heavy atom. The van der Waals surface area contributed by atoms with Gasteiger partial charge in [0.1, 0.15) is 12.7 Å². The molecule has 0 aromatic carbocycles. The molecule has 1 heterocycles. The zero-order valence-electron chi connectivity index (χ0n) is 10.5. The molecule has 0 aromatic rings. The highest BCUT2D eigenvalue weighted by Gasteiger charge is 2.36. The molecule has 4 heteroatoms. The van der Waals surface area contributed by atoms with Gasteiger partial charge in [0.05, 0.1) is 6.61 Å². The summed E-state index contributed by atoms with van der Waals surface area (Å²) in [6.45, 7) is 6.32. The average molecular weight is 230 g/mol. The van der Waals surface area contributed by atoms with E-state index in [9.17, 15) is 4.79 Å². The predicted molar refractivity (Wildman–Crippen MR) is 60.0 cm³/mol. The second kappa shape index (κ2) is 6.21. The lowest BCUT2D eigenvalue weighted by molar-refractivity contribution is -0.169. The Kier molecular flexibility index (Phi) is 5.22. The van der Waals surface area contributed by atoms with E-state index in [1.54, 1.807) is 0 Å². The Bertz CT molecular complexity index is 229. The Morgan fingerprint density at radius 3 is 2.88 bits per heavy atom. The number of hydrogen-bond acceptors (Lipinski definition) is 4. The van der Waals surface area contributed by atoms with Gasteiger partial charge >= 0.3 is 5.97 Å². The summed E-state index contributed by atoms with van der Waals surface area (Å²) in [5.41, 5.74) is 0. The van der Waals surface area contributed by atoms with Gasteiger partial charge in [-0.1, -0.05) is 19.8 Å². The van der Waals surface area contributed by atoms with Gasteiger partial charge in [0.2, 0.25) is 0 Å². The molecular weight excluding hydrogens is 208 g/mol. The third kappa shape index (κ3) is 4.49. The Balaban J connectivity index is 2.24. The Hall–Kier alpha value is -0.610. The van der Waals surface area contributed by atoms with E-state index in [-0.39, 0.29) is 12.1 Å². The minimum atomic E-state index is -0.486. The summed E-state index contributed by atoms with van der Waals surface area (Å²) in [5.74, 6) is -0.761. The van der Waals surface area contributed by atoms with Crippen LogP contribution in [0.1, 0.15) is 46.5 Å². The van der Waals surface area contributed by atoms with Crippen LogP contribution in [0.5, 0.6) is 0 Å². The number of ether oxygens (including phenoxy) is 3. The quantitative estimate of drug-likeness (QED) is 0.518. The molecule has 1 aliphatic rings. The van der Waals surface area contributed by atoms with Gasteiger partial charge in [-0.2, -0.15) is 0 Å². The standard InChI is InChI=1S/C12H22O4/c1-4-5-6-7-12(3)15-9-11(16-12)8-14-10(2)13/h11H,4-9H2,1-3H3/t11-,12+/m0/s1. The molecule has 16 heavy (non-hydrogen) atoms. The summed E-state index contributed by atoms with van der Waals surface area (Å²) in [5, 5.41) is 0. The van der Waals surface area contributed by atoms with Crippen molar-refractivity contribution in [3.63, 3.8) is 0 Å². The van der Waals surface area contributed by atoms with Crippen LogP contribution in [0, 0.1) is 0 Å². The van der Waals surface area contributed by atoms with Gasteiger partial charge < -0.3 is 14.2 Å². The van der Waals surface area contributed by atoms with E-state index in [4.69, 9.17) is 14.2 Å². The number of rotatable bonds is 6. The molecule has 0 saturated carbocycles. The number of carbonyl (C=O) groups excluding carboxylic acids is 1. The van der Waals surface area contributed by atoms with Crippen molar-refractivity contribution in [3.05, 3.63) is 0 Å². The highest BCUT2D eigenvalue weighted by atomic mass is 16.7. The minimum Gasteiger partial charge on any atom is -0.463 e. The lowest BCUT2D eigenvalue weighted by atomic mass is 10.1. The highest BCUT2D eigenvalue weighted by molar-refractivity contribution is 5.65. The first-order valence-corrected chi connectivity index (χ1v) is 6.01. The Morgan fingerprint density at radius 1 is 1.50 bits per heavy atom. The third-order valence-electron chi connectivity index (χ3n) is 2.70. The lowest BCUT2D eigenvalue weighted by Crippen LogP contribution is -2.28. The monoisotopic (exact) mass is 230 g/mol. The van der Waals surface area contributed by atoms with Crippen LogP contribution < -0.4 is 0 Å². The van der Waals surface area contributed by atoms with Gasteiger partial charge in [0.15, 0.2) is 5.79 Å². The SMILES string of the molecule is CCCCC[C@]1(C)OC[C@H](COC(C)=O)O1. The zero-order valence-corrected chi connectivity index (χ0v) is 10.5. The van der Waals surface area contributed by atoms with Gasteiger partial charge in [-0.15, -0.1) is 0 Å². The van der Waals surface area contributed by atoms with E-state index in [0.29, 0.717) is 13.2 Å². The fraction of sp³-hybridized carbons (Fsp3) is 0.917. The van der Waals surface area contributed by atoms with Crippen molar-refractivity contribution >= 4 is 5.97 Å². The molecule has 1 aliphatic heterocycles. The average Bonchev–Trinajstić information content (AvgIpc) is 2.58. The molecular formula is C12H22O4. The molecule has 0 bridgehead atoms. The van der Waals surface area contributed by atoms with Crippen LogP contribution >= 0.6 is 0 Å². The maximum atomic E-state index is 10.7. The molecule has 0 aliphatic carbocycles. The van der Waals surface area contributed by atoms with Crippen molar-refractivity contribution in [2.75, 3.05) is 13.2 Å². The zero-order chi connectivity index (χ0) is 12.0. The molecule has 1 saturated heterocycles. The number of carbonyl (C=O) groups is 1. The van der Waals surface area contributed by atoms with Crippen LogP contribution in [0.25, 0.3) is 0 Å². The van der Waals surface area contributed by atoms with E-state index >= 15 is 0 Å². The normalized spacial score (nSPS) is 29.3. The first-order chi connectivity index (χ1) is 7.56. The van der Waals surface area contributed by atoms with Crippen molar-refractivity contribution in [3.8, 4) is 0 Å². The first-order valence-electron chi connectivity index (χ1n) is 6.01. The van der Waals surface area contributed by atoms with Crippen LogP contribution in [0.2, 0.25) is 0 Å². The summed E-state index contributed by atoms with van der Waals surface area (Å²) in [6.07, 6.45) is 4.27. The number of esters is 1. The molecule has 4 nitrogen and oxygen atoms in total. The molecule has 0 unspecified atom stereocenters. The molecule has 0 N–H and O–H groups in total. The fourth-order valence-corrected chi connectivity index (χ4v) is 1.81. The van der Waals surface area contributed by atoms with Crippen LogP contribution in [0.3, 0.4) is 0 Å². The van der Waals surface area contributed by atoms with Crippen molar-refractivity contribution in [2.24, 2.45) is 0 Å². The van der Waals surface area contributed by atoms with E-state index in [1.165, 1.54) is 19.8 Å². The van der Waals surface area contributed by atoms with Gasteiger partial charge in [0, 0.05) is 13.3 Å². The van der Waals surface area contributed by atoms with Crippen molar-refractivity contribution < 1.29 is 19.0 Å². The van der Waals surface area contributed by atoms with Crippen molar-refractivity contribution in [1.29, 1.82) is 0 Å². The molecule has 94 valence electrons. The van der Waals surface area contributed by atoms with Crippen molar-refractivity contribution in [2.45, 2.75) is 58.3 Å². The van der Waals surface area contributed by atoms with E-state index < -0.39 is 5.79 Å². The predicted octanol–water partition coefficient (Wildman–Crippen LogP) is 2.26. The van der Waals surface area contributed by atoms with Crippen molar-refractivity contribution in [1.82, 2.24) is 0 Å². The molecule has 0 spiro atoms. The van der Waals surface area contributed by atoms with Gasteiger partial charge in [-0.05, 0) is 13.3 Å². The van der Waals surface area contributed by atoms with Gasteiger partial charge in [-0.3, -0.25) is 4.79 Å². The smallest absolute Gasteiger partial charge is 0.302 e. The van der Waals surface area contributed by atoms with Crippen LogP contribution in [0.15, 0.2) is 0 Å². The molecule has 0 aromatic heterocycles. The summed E-state index contributed by atoms with van der Waals surface area (Å²) < 4.78 is 16.3. The van der Waals surface area contributed by atoms with E-state index in [2.05, 4.69) is 6.92 Å². The molecule has 1 fully saturated rings. The maximum Gasteiger partial charge on any atom is 0.302 e. The van der Waals surface area contributed by atoms with E-state index in [0.717, 1.165) is 12.8 Å². The molecule has 2 atom stereocenters. The third-order valence-corrected chi connectivity index (χ3v) is 2.70. The second-order valence-electron chi connectivity index (χ2n) is 4.44. The van der Waals surface area contributed by atoms with Gasteiger partial charge in [-0.25, -0.2) is 0 Å². The molecule has 1 rings (SSSR count). The van der Waals surface area contributed by atoms with E-state index in [1.807, 2.05) is 6.92 Å². The lowest BCUT2D eigenvalue weighted by Gasteiger charge is -2.23. The highest BCUT2D eigenvalue weighted by Crippen LogP contribution is 2.28. The van der Waals surface area contributed by atoms with Crippen LogP contribution in [0.4, 0.5) is 0 Å². The van der Waals surface area contributed by atoms with Gasteiger partial charge in [0.25, 0.3) is 0 Å². The minimum absolute atomic E-state index is 0.115. The largest absolute Gasteiger partial charge is 0.463 e. The Labute approximate surface area is 97.2 Å². The topological polar surface area (TPSA) is 44.8 Å². The summed E-state index contributed by atoms with van der Waals surface area (Å²) in [7, 11) is 0.